The van der Waals surface area contributed by atoms with E-state index in [1.807, 2.05) is 42.5 Å². The predicted molar refractivity (Wildman–Crippen MR) is 106 cm³/mol. The van der Waals surface area contributed by atoms with E-state index in [-0.39, 0.29) is 0 Å². The second-order valence-corrected chi connectivity index (χ2v) is 5.71. The third-order valence-corrected chi connectivity index (χ3v) is 3.64. The van der Waals surface area contributed by atoms with Crippen molar-refractivity contribution in [1.29, 1.82) is 0 Å². The number of nitrogens with one attached hydrogen (secondary N) is 2. The first kappa shape index (κ1) is 20.5. The van der Waals surface area contributed by atoms with Gasteiger partial charge in [-0.25, -0.2) is 4.98 Å². The highest BCUT2D eigenvalue weighted by Gasteiger charge is 2.01. The highest BCUT2D eigenvalue weighted by Crippen LogP contribution is 2.09. The number of guanidine groups is 1. The number of pyridine rings is 1. The molecule has 0 aliphatic rings. The van der Waals surface area contributed by atoms with Crippen LogP contribution in [0, 0.1) is 0 Å². The third-order valence-electron chi connectivity index (χ3n) is 3.64. The summed E-state index contributed by atoms with van der Waals surface area (Å²) in [6.45, 7) is 3.08. The van der Waals surface area contributed by atoms with Crippen LogP contribution < -0.4 is 20.1 Å². The maximum Gasteiger partial charge on any atom is 0.213 e. The van der Waals surface area contributed by atoms with Gasteiger partial charge in [-0.2, -0.15) is 0 Å². The molecule has 7 heteroatoms. The molecule has 146 valence electrons. The van der Waals surface area contributed by atoms with E-state index in [0.29, 0.717) is 25.6 Å². The maximum atomic E-state index is 5.60. The van der Waals surface area contributed by atoms with Crippen molar-refractivity contribution in [2.24, 2.45) is 4.99 Å². The fourth-order valence-corrected chi connectivity index (χ4v) is 2.25. The molecular formula is C20H28N4O3. The summed E-state index contributed by atoms with van der Waals surface area (Å²) in [5.41, 5.74) is 1.04. The van der Waals surface area contributed by atoms with Crippen LogP contribution in [0.3, 0.4) is 0 Å². The van der Waals surface area contributed by atoms with Crippen molar-refractivity contribution in [2.45, 2.75) is 13.0 Å². The van der Waals surface area contributed by atoms with Gasteiger partial charge in [-0.1, -0.05) is 24.3 Å². The summed E-state index contributed by atoms with van der Waals surface area (Å²) in [6.07, 6.45) is 2.72. The molecule has 1 aromatic heterocycles. The van der Waals surface area contributed by atoms with E-state index in [9.17, 15) is 0 Å². The highest BCUT2D eigenvalue weighted by molar-refractivity contribution is 5.79. The van der Waals surface area contributed by atoms with Crippen LogP contribution in [0.5, 0.6) is 11.6 Å². The molecule has 0 fully saturated rings. The van der Waals surface area contributed by atoms with Gasteiger partial charge in [0.2, 0.25) is 5.88 Å². The molecule has 0 bridgehead atoms. The summed E-state index contributed by atoms with van der Waals surface area (Å²) in [7, 11) is 3.45. The summed E-state index contributed by atoms with van der Waals surface area (Å²) >= 11 is 0. The monoisotopic (exact) mass is 372 g/mol. The van der Waals surface area contributed by atoms with E-state index < -0.39 is 0 Å². The molecule has 0 atom stereocenters. The lowest BCUT2D eigenvalue weighted by Gasteiger charge is -2.12. The largest absolute Gasteiger partial charge is 0.490 e. The smallest absolute Gasteiger partial charge is 0.213 e. The Balaban J connectivity index is 1.65. The van der Waals surface area contributed by atoms with Crippen molar-refractivity contribution in [3.8, 4) is 11.6 Å². The number of rotatable bonds is 11. The minimum atomic E-state index is 0.442. The molecule has 1 aromatic carbocycles. The first-order chi connectivity index (χ1) is 13.3. The fourth-order valence-electron chi connectivity index (χ4n) is 2.25. The lowest BCUT2D eigenvalue weighted by atomic mass is 10.3. The number of para-hydroxylation sites is 1. The molecule has 0 spiro atoms. The van der Waals surface area contributed by atoms with Gasteiger partial charge in [-0.05, 0) is 24.1 Å². The zero-order chi connectivity index (χ0) is 19.2. The van der Waals surface area contributed by atoms with E-state index in [0.717, 1.165) is 36.8 Å². The number of nitrogens with zero attached hydrogens (tertiary/aromatic N) is 2. The Bertz CT molecular complexity index is 663. The fraction of sp³-hybridized carbons (Fsp3) is 0.400. The standard InChI is InChI=1S/C20H28N4O3/c1-21-20(22-11-6-12-25-2)24-16-17-9-10-19(23-15-17)27-14-13-26-18-7-4-3-5-8-18/h3-5,7-10,15H,6,11-14,16H2,1-2H3,(H2,21,22,24). The van der Waals surface area contributed by atoms with Gasteiger partial charge in [0.25, 0.3) is 0 Å². The Hall–Kier alpha value is -2.80. The average Bonchev–Trinajstić information content (AvgIpc) is 2.72. The molecule has 0 unspecified atom stereocenters. The lowest BCUT2D eigenvalue weighted by molar-refractivity contribution is 0.195. The second kappa shape index (κ2) is 12.5. The van der Waals surface area contributed by atoms with Crippen molar-refractivity contribution in [2.75, 3.05) is 40.5 Å². The van der Waals surface area contributed by atoms with Crippen molar-refractivity contribution in [1.82, 2.24) is 15.6 Å². The molecule has 7 nitrogen and oxygen atoms in total. The van der Waals surface area contributed by atoms with Crippen LogP contribution in [-0.4, -0.2) is 51.5 Å². The molecule has 0 aliphatic heterocycles. The van der Waals surface area contributed by atoms with Crippen molar-refractivity contribution in [3.05, 3.63) is 54.2 Å². The zero-order valence-electron chi connectivity index (χ0n) is 16.0. The molecule has 0 aliphatic carbocycles. The number of hydrogen-bond acceptors (Lipinski definition) is 5. The first-order valence-corrected chi connectivity index (χ1v) is 9.01. The SMILES string of the molecule is CN=C(NCCCOC)NCc1ccc(OCCOc2ccccc2)nc1. The van der Waals surface area contributed by atoms with E-state index in [1.54, 1.807) is 20.4 Å². The summed E-state index contributed by atoms with van der Waals surface area (Å²) in [6, 6.07) is 13.5. The van der Waals surface area contributed by atoms with E-state index >= 15 is 0 Å². The number of ether oxygens (including phenoxy) is 3. The van der Waals surface area contributed by atoms with Crippen LogP contribution in [-0.2, 0) is 11.3 Å². The van der Waals surface area contributed by atoms with Gasteiger partial charge in [0.05, 0.1) is 0 Å². The molecule has 1 heterocycles. The Morgan fingerprint density at radius 1 is 1.00 bits per heavy atom. The van der Waals surface area contributed by atoms with Crippen molar-refractivity contribution in [3.63, 3.8) is 0 Å². The van der Waals surface area contributed by atoms with Gasteiger partial charge in [0.15, 0.2) is 5.96 Å². The molecule has 2 aromatic rings. The molecule has 2 N–H and O–H groups in total. The normalized spacial score (nSPS) is 11.1. The van der Waals surface area contributed by atoms with Crippen LogP contribution in [0.4, 0.5) is 0 Å². The molecular weight excluding hydrogens is 344 g/mol. The van der Waals surface area contributed by atoms with Crippen LogP contribution in [0.15, 0.2) is 53.7 Å². The van der Waals surface area contributed by atoms with E-state index in [4.69, 9.17) is 14.2 Å². The Labute approximate surface area is 160 Å². The highest BCUT2D eigenvalue weighted by atomic mass is 16.5. The number of aromatic nitrogens is 1. The van der Waals surface area contributed by atoms with E-state index in [1.165, 1.54) is 0 Å². The van der Waals surface area contributed by atoms with Gasteiger partial charge < -0.3 is 24.8 Å². The summed E-state index contributed by atoms with van der Waals surface area (Å²) in [4.78, 5) is 8.51. The minimum Gasteiger partial charge on any atom is -0.490 e. The van der Waals surface area contributed by atoms with Crippen LogP contribution in [0.25, 0.3) is 0 Å². The quantitative estimate of drug-likeness (QED) is 0.358. The number of benzene rings is 1. The molecule has 27 heavy (non-hydrogen) atoms. The first-order valence-electron chi connectivity index (χ1n) is 9.01. The summed E-state index contributed by atoms with van der Waals surface area (Å²) in [5.74, 6) is 2.17. The van der Waals surface area contributed by atoms with Crippen LogP contribution in [0.2, 0.25) is 0 Å². The van der Waals surface area contributed by atoms with Crippen LogP contribution >= 0.6 is 0 Å². The number of aliphatic imine (C=N–C) groups is 1. The topological polar surface area (TPSA) is 77.0 Å². The van der Waals surface area contributed by atoms with Gasteiger partial charge in [-0.15, -0.1) is 0 Å². The number of methoxy groups -OCH3 is 1. The van der Waals surface area contributed by atoms with Gasteiger partial charge in [0.1, 0.15) is 19.0 Å². The maximum absolute atomic E-state index is 5.60. The summed E-state index contributed by atoms with van der Waals surface area (Å²) in [5, 5.41) is 6.48. The molecule has 0 saturated carbocycles. The minimum absolute atomic E-state index is 0.442. The van der Waals surface area contributed by atoms with E-state index in [2.05, 4.69) is 20.6 Å². The Morgan fingerprint density at radius 3 is 2.52 bits per heavy atom. The average molecular weight is 372 g/mol. The second-order valence-electron chi connectivity index (χ2n) is 5.71. The third kappa shape index (κ3) is 8.42. The Kier molecular flexibility index (Phi) is 9.52. The zero-order valence-corrected chi connectivity index (χ0v) is 16.0. The van der Waals surface area contributed by atoms with Crippen molar-refractivity contribution >= 4 is 5.96 Å². The number of hydrogen-bond donors (Lipinski definition) is 2. The van der Waals surface area contributed by atoms with Gasteiger partial charge >= 0.3 is 0 Å². The molecule has 0 amide bonds. The van der Waals surface area contributed by atoms with Crippen molar-refractivity contribution < 1.29 is 14.2 Å². The van der Waals surface area contributed by atoms with Gasteiger partial charge in [-0.3, -0.25) is 4.99 Å². The lowest BCUT2D eigenvalue weighted by Crippen LogP contribution is -2.37. The Morgan fingerprint density at radius 2 is 1.81 bits per heavy atom. The predicted octanol–water partition coefficient (Wildman–Crippen LogP) is 2.24. The molecule has 0 saturated heterocycles. The molecule has 2 rings (SSSR count). The van der Waals surface area contributed by atoms with Gasteiger partial charge in [0, 0.05) is 46.1 Å². The van der Waals surface area contributed by atoms with Crippen LogP contribution in [0.1, 0.15) is 12.0 Å². The summed E-state index contributed by atoms with van der Waals surface area (Å²) < 4.78 is 16.2. The molecule has 0 radical (unpaired) electrons.